The second-order valence-corrected chi connectivity index (χ2v) is 3.77. The molecule has 1 atom stereocenters. The molecule has 1 N–H and O–H groups in total. The van der Waals surface area contributed by atoms with Crippen molar-refractivity contribution >= 4 is 0 Å². The minimum atomic E-state index is -0.0757. The lowest BCUT2D eigenvalue weighted by Crippen LogP contribution is -2.19. The van der Waals surface area contributed by atoms with Gasteiger partial charge in [0.25, 0.3) is 0 Å². The van der Waals surface area contributed by atoms with Gasteiger partial charge in [-0.2, -0.15) is 5.11 Å². The highest BCUT2D eigenvalue weighted by Crippen LogP contribution is 2.22. The Balaban J connectivity index is 3.51. The summed E-state index contributed by atoms with van der Waals surface area (Å²) in [6.07, 6.45) is 7.18. The first-order valence-electron chi connectivity index (χ1n) is 5.07. The molecule has 0 aromatic heterocycles. The summed E-state index contributed by atoms with van der Waals surface area (Å²) < 4.78 is 0. The molecule has 2 heteroatoms. The summed E-state index contributed by atoms with van der Waals surface area (Å²) in [6, 6.07) is 0. The zero-order chi connectivity index (χ0) is 9.45. The van der Waals surface area contributed by atoms with Gasteiger partial charge in [0, 0.05) is 0 Å². The van der Waals surface area contributed by atoms with Gasteiger partial charge in [0.2, 0.25) is 0 Å². The number of hydrogen-bond donors (Lipinski definition) is 1. The lowest BCUT2D eigenvalue weighted by Gasteiger charge is -2.20. The summed E-state index contributed by atoms with van der Waals surface area (Å²) in [5.74, 6) is 0. The molecule has 2 nitrogen and oxygen atoms in total. The molecule has 0 heterocycles. The van der Waals surface area contributed by atoms with Gasteiger partial charge < -0.3 is 0 Å². The maximum absolute atomic E-state index is 7.06. The molecule has 0 aromatic carbocycles. The van der Waals surface area contributed by atoms with Crippen molar-refractivity contribution in [2.45, 2.75) is 64.8 Å². The van der Waals surface area contributed by atoms with Crippen LogP contribution in [0.5, 0.6) is 0 Å². The topological polar surface area (TPSA) is 36.2 Å². The van der Waals surface area contributed by atoms with Gasteiger partial charge in [-0.25, -0.2) is 5.53 Å². The van der Waals surface area contributed by atoms with E-state index in [0.29, 0.717) is 0 Å². The first-order valence-corrected chi connectivity index (χ1v) is 5.07. The van der Waals surface area contributed by atoms with Crippen molar-refractivity contribution in [3.05, 3.63) is 0 Å². The van der Waals surface area contributed by atoms with E-state index in [1.165, 1.54) is 25.7 Å². The number of unbranched alkanes of at least 4 members (excludes halogenated alkanes) is 3. The van der Waals surface area contributed by atoms with E-state index in [-0.39, 0.29) is 5.54 Å². The van der Waals surface area contributed by atoms with Crippen LogP contribution in [-0.4, -0.2) is 5.54 Å². The third kappa shape index (κ3) is 4.47. The molecular formula is C10H22N2. The molecule has 1 unspecified atom stereocenters. The molecule has 0 aliphatic rings. The van der Waals surface area contributed by atoms with Crippen molar-refractivity contribution in [3.8, 4) is 0 Å². The molecule has 72 valence electrons. The SMILES string of the molecule is CCCCCCC(C)(CC)N=N. The molecule has 0 radical (unpaired) electrons. The summed E-state index contributed by atoms with van der Waals surface area (Å²) in [5, 5.41) is 3.69. The highest BCUT2D eigenvalue weighted by molar-refractivity contribution is 4.78. The normalized spacial score (nSPS) is 15.6. The van der Waals surface area contributed by atoms with E-state index in [9.17, 15) is 0 Å². The lowest BCUT2D eigenvalue weighted by atomic mass is 9.92. The van der Waals surface area contributed by atoms with Crippen LogP contribution in [0, 0.1) is 5.53 Å². The predicted octanol–water partition coefficient (Wildman–Crippen LogP) is 4.16. The Bertz CT molecular complexity index is 123. The van der Waals surface area contributed by atoms with E-state index in [4.69, 9.17) is 5.53 Å². The first-order chi connectivity index (χ1) is 5.68. The number of hydrogen-bond acceptors (Lipinski definition) is 2. The number of rotatable bonds is 7. The molecule has 0 rings (SSSR count). The average Bonchev–Trinajstić information content (AvgIpc) is 2.12. The van der Waals surface area contributed by atoms with Crippen LogP contribution in [0.2, 0.25) is 0 Å². The van der Waals surface area contributed by atoms with Gasteiger partial charge in [0.15, 0.2) is 0 Å². The second kappa shape index (κ2) is 6.15. The maximum Gasteiger partial charge on any atom is 0.0782 e. The lowest BCUT2D eigenvalue weighted by molar-refractivity contribution is 0.375. The van der Waals surface area contributed by atoms with Crippen LogP contribution in [0.4, 0.5) is 0 Å². The van der Waals surface area contributed by atoms with Crippen LogP contribution in [0.25, 0.3) is 0 Å². The Kier molecular flexibility index (Phi) is 5.95. The van der Waals surface area contributed by atoms with E-state index >= 15 is 0 Å². The van der Waals surface area contributed by atoms with Crippen LogP contribution in [0.3, 0.4) is 0 Å². The van der Waals surface area contributed by atoms with E-state index in [1.807, 2.05) is 0 Å². The van der Waals surface area contributed by atoms with Crippen LogP contribution >= 0.6 is 0 Å². The Labute approximate surface area is 76.3 Å². The van der Waals surface area contributed by atoms with Gasteiger partial charge in [0.1, 0.15) is 0 Å². The van der Waals surface area contributed by atoms with Crippen molar-refractivity contribution < 1.29 is 0 Å². The zero-order valence-electron chi connectivity index (χ0n) is 8.69. The van der Waals surface area contributed by atoms with E-state index in [1.54, 1.807) is 0 Å². The smallest absolute Gasteiger partial charge is 0.0782 e. The van der Waals surface area contributed by atoms with E-state index in [0.717, 1.165) is 12.8 Å². The Morgan fingerprint density at radius 3 is 2.25 bits per heavy atom. The summed E-state index contributed by atoms with van der Waals surface area (Å²) in [7, 11) is 0. The minimum absolute atomic E-state index is 0.0757. The monoisotopic (exact) mass is 170 g/mol. The largest absolute Gasteiger partial charge is 0.209 e. The van der Waals surface area contributed by atoms with Crippen molar-refractivity contribution in [3.63, 3.8) is 0 Å². The van der Waals surface area contributed by atoms with Gasteiger partial charge in [-0.3, -0.25) is 0 Å². The number of nitrogens with one attached hydrogen (secondary N) is 1. The van der Waals surface area contributed by atoms with Gasteiger partial charge in [-0.05, 0) is 19.8 Å². The van der Waals surface area contributed by atoms with E-state index in [2.05, 4.69) is 25.9 Å². The van der Waals surface area contributed by atoms with Crippen LogP contribution < -0.4 is 0 Å². The molecule has 0 saturated carbocycles. The third-order valence-electron chi connectivity index (χ3n) is 2.60. The fraction of sp³-hybridized carbons (Fsp3) is 1.00. The molecule has 0 saturated heterocycles. The molecule has 12 heavy (non-hydrogen) atoms. The quantitative estimate of drug-likeness (QED) is 0.440. The molecule has 0 bridgehead atoms. The Hall–Kier alpha value is -0.400. The summed E-state index contributed by atoms with van der Waals surface area (Å²) >= 11 is 0. The fourth-order valence-corrected chi connectivity index (χ4v) is 1.24. The van der Waals surface area contributed by atoms with Gasteiger partial charge in [0.05, 0.1) is 5.54 Å². The zero-order valence-corrected chi connectivity index (χ0v) is 8.69. The second-order valence-electron chi connectivity index (χ2n) is 3.77. The standard InChI is InChI=1S/C10H22N2/c1-4-6-7-8-9-10(3,5-2)12-11/h11H,4-9H2,1-3H3. The first kappa shape index (κ1) is 11.6. The van der Waals surface area contributed by atoms with Crippen LogP contribution in [-0.2, 0) is 0 Å². The molecule has 0 aliphatic carbocycles. The van der Waals surface area contributed by atoms with Crippen molar-refractivity contribution in [1.29, 1.82) is 5.53 Å². The third-order valence-corrected chi connectivity index (χ3v) is 2.60. The Morgan fingerprint density at radius 1 is 1.17 bits per heavy atom. The van der Waals surface area contributed by atoms with Gasteiger partial charge >= 0.3 is 0 Å². The molecule has 0 spiro atoms. The maximum atomic E-state index is 7.06. The molecule has 0 amide bonds. The molecular weight excluding hydrogens is 148 g/mol. The van der Waals surface area contributed by atoms with Gasteiger partial charge in [-0.1, -0.05) is 39.5 Å². The Morgan fingerprint density at radius 2 is 1.83 bits per heavy atom. The van der Waals surface area contributed by atoms with Crippen LogP contribution in [0.1, 0.15) is 59.3 Å². The molecule has 0 fully saturated rings. The minimum Gasteiger partial charge on any atom is -0.209 e. The van der Waals surface area contributed by atoms with Gasteiger partial charge in [-0.15, -0.1) is 0 Å². The number of nitrogens with zero attached hydrogens (tertiary/aromatic N) is 1. The average molecular weight is 170 g/mol. The fourth-order valence-electron chi connectivity index (χ4n) is 1.24. The molecule has 0 aromatic rings. The summed E-state index contributed by atoms with van der Waals surface area (Å²) in [5.41, 5.74) is 6.99. The van der Waals surface area contributed by atoms with Crippen LogP contribution in [0.15, 0.2) is 5.11 Å². The highest BCUT2D eigenvalue weighted by atomic mass is 15.0. The van der Waals surface area contributed by atoms with Crippen molar-refractivity contribution in [1.82, 2.24) is 0 Å². The van der Waals surface area contributed by atoms with Crippen molar-refractivity contribution in [2.24, 2.45) is 5.11 Å². The molecule has 0 aliphatic heterocycles. The van der Waals surface area contributed by atoms with E-state index < -0.39 is 0 Å². The highest BCUT2D eigenvalue weighted by Gasteiger charge is 2.19. The predicted molar refractivity (Wildman–Crippen MR) is 52.6 cm³/mol. The summed E-state index contributed by atoms with van der Waals surface area (Å²) in [6.45, 7) is 6.40. The summed E-state index contributed by atoms with van der Waals surface area (Å²) in [4.78, 5) is 0. The van der Waals surface area contributed by atoms with Crippen molar-refractivity contribution in [2.75, 3.05) is 0 Å².